The van der Waals surface area contributed by atoms with Gasteiger partial charge in [0.05, 0.1) is 0 Å². The molecule has 0 radical (unpaired) electrons. The number of aliphatic hydroxyl groups is 1. The van der Waals surface area contributed by atoms with Gasteiger partial charge in [0, 0.05) is 32.5 Å². The van der Waals surface area contributed by atoms with Crippen LogP contribution in [0.25, 0.3) is 0 Å². The molecule has 0 saturated heterocycles. The van der Waals surface area contributed by atoms with Gasteiger partial charge in [-0.15, -0.1) is 0 Å². The molecule has 1 nitrogen and oxygen atoms in total. The van der Waals surface area contributed by atoms with Crippen molar-refractivity contribution >= 4 is 0 Å². The van der Waals surface area contributed by atoms with Crippen molar-refractivity contribution in [1.82, 2.24) is 0 Å². The predicted octanol–water partition coefficient (Wildman–Crippen LogP) is 0.386. The molecule has 30 valence electrons. The maximum Gasteiger partial charge on any atom is 0.0428 e. The first-order valence-electron chi connectivity index (χ1n) is 1.52. The zero-order valence-electron chi connectivity index (χ0n) is 3.36. The van der Waals surface area contributed by atoms with E-state index in [2.05, 4.69) is 0 Å². The van der Waals surface area contributed by atoms with Crippen molar-refractivity contribution in [1.29, 1.82) is 0 Å². The molecule has 0 bridgehead atoms. The molecule has 0 aromatic carbocycles. The molecule has 0 aromatic heterocycles. The molecule has 0 aromatic rings. The normalized spacial score (nSPS) is 6.00. The predicted molar refractivity (Wildman–Crippen MR) is 17.4 cm³/mol. The molecule has 0 aliphatic heterocycles. The molecule has 0 fully saturated rings. The molecule has 2 heteroatoms. The quantitative estimate of drug-likeness (QED) is 0.655. The van der Waals surface area contributed by atoms with E-state index in [9.17, 15) is 0 Å². The van der Waals surface area contributed by atoms with Crippen LogP contribution in [0, 0.1) is 0 Å². The van der Waals surface area contributed by atoms with Gasteiger partial charge >= 0.3 is 0 Å². The molecule has 0 spiro atoms. The number of hydrogen-bond donors (Lipinski definition) is 1. The monoisotopic (exact) mass is 240 g/mol. The largest absolute Gasteiger partial charge is 0.396 e. The molecule has 0 amide bonds. The first-order valence-corrected chi connectivity index (χ1v) is 1.52. The Morgan fingerprint density at radius 1 is 1.60 bits per heavy atom. The summed E-state index contributed by atoms with van der Waals surface area (Å²) < 4.78 is 0. The van der Waals surface area contributed by atoms with Crippen LogP contribution in [0.4, 0.5) is 0 Å². The fraction of sp³-hybridized carbons (Fsp3) is 1.00. The Balaban J connectivity index is 0. The third-order valence-electron chi connectivity index (χ3n) is 0.224. The van der Waals surface area contributed by atoms with Gasteiger partial charge in [0.25, 0.3) is 0 Å². The molecule has 0 unspecified atom stereocenters. The second kappa shape index (κ2) is 8.85. The molecule has 0 atom stereocenters. The van der Waals surface area contributed by atoms with Crippen LogP contribution in [0.5, 0.6) is 0 Å². The van der Waals surface area contributed by atoms with Crippen molar-refractivity contribution in [2.45, 2.75) is 13.3 Å². The Hall–Kier alpha value is 0.830. The first kappa shape index (κ1) is 9.27. The first-order chi connectivity index (χ1) is 1.91. The summed E-state index contributed by atoms with van der Waals surface area (Å²) in [6.07, 6.45) is 0.875. The topological polar surface area (TPSA) is 20.2 Å². The fourth-order valence-corrected chi connectivity index (χ4v) is 0. The average Bonchev–Trinajstić information content (AvgIpc) is 1.37. The molecule has 0 heterocycles. The van der Waals surface area contributed by atoms with Gasteiger partial charge in [0.1, 0.15) is 0 Å². The zero-order valence-corrected chi connectivity index (χ0v) is 6.95. The van der Waals surface area contributed by atoms with Gasteiger partial charge in [0.2, 0.25) is 0 Å². The average molecular weight is 239 g/mol. The zero-order chi connectivity index (χ0) is 3.41. The third-order valence-corrected chi connectivity index (χ3v) is 0.224. The minimum Gasteiger partial charge on any atom is -0.396 e. The minimum absolute atomic E-state index is 0. The van der Waals surface area contributed by atoms with E-state index in [4.69, 9.17) is 5.11 Å². The van der Waals surface area contributed by atoms with Gasteiger partial charge in [-0.3, -0.25) is 0 Å². The van der Waals surface area contributed by atoms with Crippen molar-refractivity contribution in [3.8, 4) is 0 Å². The minimum atomic E-state index is 0. The van der Waals surface area contributed by atoms with Crippen molar-refractivity contribution in [3.63, 3.8) is 0 Å². The van der Waals surface area contributed by atoms with E-state index < -0.39 is 0 Å². The smallest absolute Gasteiger partial charge is 0.0428 e. The van der Waals surface area contributed by atoms with Crippen molar-refractivity contribution in [2.75, 3.05) is 6.61 Å². The number of rotatable bonds is 1. The van der Waals surface area contributed by atoms with Crippen LogP contribution in [0.15, 0.2) is 0 Å². The fourth-order valence-electron chi connectivity index (χ4n) is 0. The molecule has 0 aliphatic carbocycles. The maximum absolute atomic E-state index is 7.88. The maximum atomic E-state index is 7.88. The Bertz CT molecular complexity index is 8.85. The van der Waals surface area contributed by atoms with Crippen LogP contribution in [0.2, 0.25) is 0 Å². The van der Waals surface area contributed by atoms with E-state index in [0.717, 1.165) is 6.42 Å². The summed E-state index contributed by atoms with van der Waals surface area (Å²) in [5, 5.41) is 7.88. The Labute approximate surface area is 51.2 Å². The van der Waals surface area contributed by atoms with Gasteiger partial charge in [0.15, 0.2) is 0 Å². The molecular weight excluding hydrogens is 231 g/mol. The molecule has 0 aliphatic rings. The second-order valence-corrected chi connectivity index (χ2v) is 0.724. The standard InChI is InChI=1S/C3H8O.Hf/c1-2-3-4;/h4H,2-3H2,1H3;. The number of hydrogen-bond acceptors (Lipinski definition) is 1. The molecule has 1 N–H and O–H groups in total. The van der Waals surface area contributed by atoms with Crippen LogP contribution in [0.1, 0.15) is 13.3 Å². The van der Waals surface area contributed by atoms with Gasteiger partial charge in [-0.1, -0.05) is 6.92 Å². The SMILES string of the molecule is CCCO.[Hf]. The summed E-state index contributed by atoms with van der Waals surface area (Å²) in [5.41, 5.74) is 0. The van der Waals surface area contributed by atoms with Crippen molar-refractivity contribution in [3.05, 3.63) is 0 Å². The summed E-state index contributed by atoms with van der Waals surface area (Å²) >= 11 is 0. The van der Waals surface area contributed by atoms with E-state index in [-0.39, 0.29) is 25.8 Å². The van der Waals surface area contributed by atoms with Crippen LogP contribution < -0.4 is 0 Å². The van der Waals surface area contributed by atoms with Crippen LogP contribution in [0.3, 0.4) is 0 Å². The van der Waals surface area contributed by atoms with E-state index in [1.165, 1.54) is 0 Å². The summed E-state index contributed by atoms with van der Waals surface area (Å²) in [5.74, 6) is 0. The summed E-state index contributed by atoms with van der Waals surface area (Å²) in [6, 6.07) is 0. The Morgan fingerprint density at radius 3 is 1.80 bits per heavy atom. The van der Waals surface area contributed by atoms with Gasteiger partial charge < -0.3 is 5.11 Å². The molecule has 0 rings (SSSR count). The molecule has 5 heavy (non-hydrogen) atoms. The van der Waals surface area contributed by atoms with Gasteiger partial charge in [-0.05, 0) is 6.42 Å². The van der Waals surface area contributed by atoms with E-state index in [1.54, 1.807) is 0 Å². The van der Waals surface area contributed by atoms with Gasteiger partial charge in [-0.2, -0.15) is 0 Å². The van der Waals surface area contributed by atoms with Crippen LogP contribution in [-0.4, -0.2) is 11.7 Å². The molecule has 0 saturated carbocycles. The van der Waals surface area contributed by atoms with Crippen molar-refractivity contribution < 1.29 is 30.9 Å². The number of aliphatic hydroxyl groups excluding tert-OH is 1. The van der Waals surface area contributed by atoms with E-state index >= 15 is 0 Å². The second-order valence-electron chi connectivity index (χ2n) is 0.724. The molecular formula is C3H8HfO. The van der Waals surface area contributed by atoms with E-state index in [0.29, 0.717) is 6.61 Å². The van der Waals surface area contributed by atoms with Crippen LogP contribution >= 0.6 is 0 Å². The van der Waals surface area contributed by atoms with Crippen LogP contribution in [-0.2, 0) is 25.8 Å². The van der Waals surface area contributed by atoms with E-state index in [1.807, 2.05) is 6.92 Å². The Morgan fingerprint density at radius 2 is 1.80 bits per heavy atom. The third kappa shape index (κ3) is 11.6. The van der Waals surface area contributed by atoms with Gasteiger partial charge in [-0.25, -0.2) is 0 Å². The summed E-state index contributed by atoms with van der Waals surface area (Å²) in [4.78, 5) is 0. The van der Waals surface area contributed by atoms with Crippen molar-refractivity contribution in [2.24, 2.45) is 0 Å². The summed E-state index contributed by atoms with van der Waals surface area (Å²) in [7, 11) is 0. The summed E-state index contributed by atoms with van der Waals surface area (Å²) in [6.45, 7) is 2.25. The Kier molecular flexibility index (Phi) is 16.4.